The zero-order valence-electron chi connectivity index (χ0n) is 43.0. The van der Waals surface area contributed by atoms with Crippen molar-refractivity contribution in [3.63, 3.8) is 0 Å². The smallest absolute Gasteiger partial charge is 0.0629 e. The maximum absolute atomic E-state index is 9.96. The summed E-state index contributed by atoms with van der Waals surface area (Å²) in [5.74, 6) is 0. The van der Waals surface area contributed by atoms with Gasteiger partial charge in [-0.1, -0.05) is 170 Å². The van der Waals surface area contributed by atoms with Gasteiger partial charge in [0.25, 0.3) is 0 Å². The maximum Gasteiger partial charge on any atom is 0.0629 e. The lowest BCUT2D eigenvalue weighted by atomic mass is 9.90. The Balaban J connectivity index is 0.992. The molecule has 0 saturated carbocycles. The van der Waals surface area contributed by atoms with E-state index in [0.29, 0.717) is 11.1 Å². The lowest BCUT2D eigenvalue weighted by molar-refractivity contribution is 1.18. The first-order valence-electron chi connectivity index (χ1n) is 26.6. The number of aromatic nitrogens is 2. The Labute approximate surface area is 422 Å². The Morgan fingerprint density at radius 3 is 0.903 bits per heavy atom. The summed E-state index contributed by atoms with van der Waals surface area (Å²) < 4.78 is 44.3. The topological polar surface area (TPSA) is 9.86 Å². The van der Waals surface area contributed by atoms with E-state index in [1.54, 1.807) is 0 Å². The quantitative estimate of drug-likeness (QED) is 0.134. The van der Waals surface area contributed by atoms with Gasteiger partial charge in [0.1, 0.15) is 0 Å². The van der Waals surface area contributed by atoms with Gasteiger partial charge in [-0.2, -0.15) is 0 Å². The fraction of sp³-hybridized carbons (Fsp3) is 0. The van der Waals surface area contributed by atoms with Crippen LogP contribution in [0.15, 0.2) is 267 Å². The van der Waals surface area contributed by atoms with Crippen LogP contribution in [0.2, 0.25) is 0 Å². The first-order valence-corrected chi connectivity index (χ1v) is 24.6. The van der Waals surface area contributed by atoms with Gasteiger partial charge in [-0.3, -0.25) is 0 Å². The maximum atomic E-state index is 9.96. The SMILES string of the molecule is [2H]c1c([2H])c(-c2cc(-c3cc4ccc5cccc6c5c4c(c3)n6-c3ccccc3)cc(-c3cc4ccc5cccc6c5c4c(c3)n6-c3ccccc3)c2)c([2H])c([2H])c1-c1cc(-c2ccccc2)cc(-c2ccccc2)c1. The molecule has 0 radical (unpaired) electrons. The van der Waals surface area contributed by atoms with Crippen LogP contribution in [0.25, 0.3) is 143 Å². The van der Waals surface area contributed by atoms with Crippen molar-refractivity contribution in [3.8, 4) is 78.1 Å². The highest BCUT2D eigenvalue weighted by Crippen LogP contribution is 2.45. The molecule has 0 aliphatic rings. The minimum Gasteiger partial charge on any atom is -0.309 e. The van der Waals surface area contributed by atoms with Crippen molar-refractivity contribution >= 4 is 65.2 Å². The third-order valence-corrected chi connectivity index (χ3v) is 14.8. The normalized spacial score (nSPS) is 12.7. The van der Waals surface area contributed by atoms with Gasteiger partial charge in [0.2, 0.25) is 0 Å². The zero-order chi connectivity index (χ0) is 50.8. The Bertz CT molecular complexity index is 4480. The summed E-state index contributed by atoms with van der Waals surface area (Å²) in [6.45, 7) is 0. The second kappa shape index (κ2) is 16.0. The predicted octanol–water partition coefficient (Wildman–Crippen LogP) is 19.1. The van der Waals surface area contributed by atoms with Crippen molar-refractivity contribution in [1.29, 1.82) is 0 Å². The largest absolute Gasteiger partial charge is 0.309 e. The number of hydrogen-bond donors (Lipinski definition) is 0. The Morgan fingerprint density at radius 1 is 0.208 bits per heavy atom. The molecule has 2 heteroatoms. The van der Waals surface area contributed by atoms with Crippen LogP contribution >= 0.6 is 0 Å². The molecule has 0 fully saturated rings. The average Bonchev–Trinajstić information content (AvgIpc) is 4.00. The summed E-state index contributed by atoms with van der Waals surface area (Å²) in [6, 6.07) is 84.3. The summed E-state index contributed by atoms with van der Waals surface area (Å²) in [6.07, 6.45) is 0. The molecule has 0 atom stereocenters. The molecule has 0 bridgehead atoms. The molecule has 2 nitrogen and oxygen atoms in total. The second-order valence-electron chi connectivity index (χ2n) is 19.0. The molecule has 0 aliphatic heterocycles. The lowest BCUT2D eigenvalue weighted by Gasteiger charge is -2.15. The predicted molar refractivity (Wildman–Crippen MR) is 305 cm³/mol. The summed E-state index contributed by atoms with van der Waals surface area (Å²) in [5, 5.41) is 9.43. The Kier molecular flexibility index (Phi) is 8.12. The van der Waals surface area contributed by atoms with Gasteiger partial charge in [-0.15, -0.1) is 0 Å². The first kappa shape index (κ1) is 36.5. The monoisotopic (exact) mass is 916 g/mol. The van der Waals surface area contributed by atoms with E-state index >= 15 is 0 Å². The minimum atomic E-state index is -0.0964. The summed E-state index contributed by atoms with van der Waals surface area (Å²) in [4.78, 5) is 0. The Hall–Kier alpha value is -9.50. The summed E-state index contributed by atoms with van der Waals surface area (Å²) in [7, 11) is 0. The van der Waals surface area contributed by atoms with Crippen molar-refractivity contribution in [2.75, 3.05) is 0 Å². The van der Waals surface area contributed by atoms with Crippen LogP contribution in [0, 0.1) is 0 Å². The number of rotatable bonds is 8. The summed E-state index contributed by atoms with van der Waals surface area (Å²) >= 11 is 0. The molecule has 15 aromatic rings. The molecule has 13 aromatic carbocycles. The van der Waals surface area contributed by atoms with Crippen molar-refractivity contribution in [2.24, 2.45) is 0 Å². The highest BCUT2D eigenvalue weighted by molar-refractivity contribution is 6.26. The second-order valence-corrected chi connectivity index (χ2v) is 19.0. The molecule has 0 aliphatic carbocycles. The van der Waals surface area contributed by atoms with Crippen LogP contribution in [-0.4, -0.2) is 9.13 Å². The van der Waals surface area contributed by atoms with E-state index in [-0.39, 0.29) is 35.3 Å². The van der Waals surface area contributed by atoms with E-state index in [1.807, 2.05) is 60.7 Å². The van der Waals surface area contributed by atoms with E-state index in [0.717, 1.165) is 88.7 Å². The minimum absolute atomic E-state index is 0.0921. The van der Waals surface area contributed by atoms with Crippen molar-refractivity contribution in [1.82, 2.24) is 9.13 Å². The van der Waals surface area contributed by atoms with Gasteiger partial charge in [0, 0.05) is 32.9 Å². The molecule has 0 spiro atoms. The van der Waals surface area contributed by atoms with Gasteiger partial charge in [-0.05, 0) is 185 Å². The molecule has 72 heavy (non-hydrogen) atoms. The van der Waals surface area contributed by atoms with Gasteiger partial charge >= 0.3 is 0 Å². The van der Waals surface area contributed by atoms with E-state index in [9.17, 15) is 5.48 Å². The van der Waals surface area contributed by atoms with Crippen LogP contribution in [0.1, 0.15) is 5.48 Å². The van der Waals surface area contributed by atoms with Crippen molar-refractivity contribution in [2.45, 2.75) is 0 Å². The fourth-order valence-electron chi connectivity index (χ4n) is 11.5. The van der Waals surface area contributed by atoms with E-state index < -0.39 is 0 Å². The molecule has 2 aromatic heterocycles. The van der Waals surface area contributed by atoms with Gasteiger partial charge in [0.05, 0.1) is 27.5 Å². The van der Waals surface area contributed by atoms with Gasteiger partial charge < -0.3 is 9.13 Å². The molecular weight excluding hydrogens is 869 g/mol. The number of benzene rings is 13. The van der Waals surface area contributed by atoms with Crippen LogP contribution in [0.5, 0.6) is 0 Å². The highest BCUT2D eigenvalue weighted by Gasteiger charge is 2.21. The molecule has 0 N–H and O–H groups in total. The van der Waals surface area contributed by atoms with E-state index in [1.165, 1.54) is 32.3 Å². The molecular formula is C70H44N2. The first-order chi connectivity index (χ1) is 37.3. The standard InChI is InChI=1S/C70H44N2/c1-5-15-45(16-6-1)53-37-54(46-17-7-2-8-18-46)39-55(38-53)47-27-29-48(30-28-47)56-40-57(59-35-51-33-31-49-19-13-25-63-67(49)69(51)65(43-59)71(63)61-21-9-3-10-22-61)42-58(41-56)60-36-52-34-32-50-20-14-26-64-68(50)70(52)66(44-60)72(64)62-23-11-4-12-24-62/h1-44H/i27D,28D,29D,30D. The van der Waals surface area contributed by atoms with Crippen LogP contribution < -0.4 is 0 Å². The number of hydrogen-bond acceptors (Lipinski definition) is 0. The molecule has 0 saturated heterocycles. The number of nitrogens with zero attached hydrogens (tertiary/aromatic N) is 2. The molecule has 0 amide bonds. The van der Waals surface area contributed by atoms with Crippen LogP contribution in [0.4, 0.5) is 0 Å². The molecule has 0 unspecified atom stereocenters. The van der Waals surface area contributed by atoms with Crippen molar-refractivity contribution in [3.05, 3.63) is 267 Å². The fourth-order valence-corrected chi connectivity index (χ4v) is 11.5. The lowest BCUT2D eigenvalue weighted by Crippen LogP contribution is -1.94. The van der Waals surface area contributed by atoms with Gasteiger partial charge in [0.15, 0.2) is 0 Å². The zero-order valence-corrected chi connectivity index (χ0v) is 39.0. The molecule has 15 rings (SSSR count). The van der Waals surface area contributed by atoms with E-state index in [4.69, 9.17) is 0 Å². The molecule has 2 heterocycles. The van der Waals surface area contributed by atoms with Crippen LogP contribution in [-0.2, 0) is 0 Å². The highest BCUT2D eigenvalue weighted by atomic mass is 15.0. The molecule has 334 valence electrons. The average molecular weight is 917 g/mol. The Morgan fingerprint density at radius 2 is 0.514 bits per heavy atom. The third-order valence-electron chi connectivity index (χ3n) is 14.8. The third kappa shape index (κ3) is 6.43. The number of para-hydroxylation sites is 2. The summed E-state index contributed by atoms with van der Waals surface area (Å²) in [5.41, 5.74) is 15.9. The van der Waals surface area contributed by atoms with Crippen molar-refractivity contribution < 1.29 is 5.48 Å². The van der Waals surface area contributed by atoms with Crippen LogP contribution in [0.3, 0.4) is 0 Å². The van der Waals surface area contributed by atoms with E-state index in [2.05, 4.69) is 191 Å². The van der Waals surface area contributed by atoms with Gasteiger partial charge in [-0.25, -0.2) is 0 Å².